The highest BCUT2D eigenvalue weighted by atomic mass is 79.9. The van der Waals surface area contributed by atoms with E-state index in [2.05, 4.69) is 26.1 Å². The lowest BCUT2D eigenvalue weighted by Crippen LogP contribution is -2.52. The van der Waals surface area contributed by atoms with E-state index in [1.54, 1.807) is 6.33 Å². The average molecular weight is 338 g/mol. The molecule has 0 saturated carbocycles. The van der Waals surface area contributed by atoms with Gasteiger partial charge in [-0.05, 0) is 24.6 Å². The molecular weight excluding hydrogens is 322 g/mol. The van der Waals surface area contributed by atoms with Crippen LogP contribution in [0.25, 0.3) is 0 Å². The third-order valence-corrected chi connectivity index (χ3v) is 4.37. The van der Waals surface area contributed by atoms with Crippen LogP contribution in [0.4, 0.5) is 0 Å². The maximum absolute atomic E-state index is 10.8. The van der Waals surface area contributed by atoms with Crippen LogP contribution in [0.1, 0.15) is 24.4 Å². The van der Waals surface area contributed by atoms with Crippen molar-refractivity contribution in [2.45, 2.75) is 25.0 Å². The smallest absolute Gasteiger partial charge is 0.162 e. The molecule has 1 aliphatic rings. The summed E-state index contributed by atoms with van der Waals surface area (Å²) in [5, 5.41) is 18.8. The van der Waals surface area contributed by atoms with Gasteiger partial charge in [0.2, 0.25) is 0 Å². The van der Waals surface area contributed by atoms with Crippen LogP contribution in [0.2, 0.25) is 0 Å². The zero-order valence-electron chi connectivity index (χ0n) is 11.2. The molecule has 20 heavy (non-hydrogen) atoms. The van der Waals surface area contributed by atoms with Crippen molar-refractivity contribution < 1.29 is 9.84 Å². The van der Waals surface area contributed by atoms with E-state index in [0.29, 0.717) is 19.0 Å². The first-order chi connectivity index (χ1) is 9.67. The number of hydrogen-bond donors (Lipinski definition) is 1. The molecule has 0 bridgehead atoms. The Labute approximate surface area is 125 Å². The lowest BCUT2D eigenvalue weighted by atomic mass is 9.73. The van der Waals surface area contributed by atoms with Gasteiger partial charge in [-0.3, -0.25) is 0 Å². The molecule has 1 atom stereocenters. The van der Waals surface area contributed by atoms with E-state index in [1.807, 2.05) is 35.8 Å². The summed E-state index contributed by atoms with van der Waals surface area (Å²) in [5.41, 5.74) is 0.611. The summed E-state index contributed by atoms with van der Waals surface area (Å²) >= 11 is 3.48. The van der Waals surface area contributed by atoms with Crippen molar-refractivity contribution in [3.63, 3.8) is 0 Å². The largest absolute Gasteiger partial charge is 0.384 e. The van der Waals surface area contributed by atoms with Crippen molar-refractivity contribution in [3.05, 3.63) is 46.5 Å². The predicted molar refractivity (Wildman–Crippen MR) is 77.3 cm³/mol. The molecule has 5 nitrogen and oxygen atoms in total. The summed E-state index contributed by atoms with van der Waals surface area (Å²) in [5.74, 6) is 0.593. The van der Waals surface area contributed by atoms with Crippen LogP contribution >= 0.6 is 15.9 Å². The fourth-order valence-corrected chi connectivity index (χ4v) is 2.97. The van der Waals surface area contributed by atoms with Gasteiger partial charge in [0.15, 0.2) is 5.82 Å². The Hall–Kier alpha value is -1.24. The topological polar surface area (TPSA) is 60.2 Å². The summed E-state index contributed by atoms with van der Waals surface area (Å²) < 4.78 is 8.25. The zero-order chi connectivity index (χ0) is 14.2. The normalized spacial score (nSPS) is 18.6. The van der Waals surface area contributed by atoms with Crippen molar-refractivity contribution in [2.24, 2.45) is 0 Å². The molecule has 1 aliphatic heterocycles. The van der Waals surface area contributed by atoms with Crippen LogP contribution in [-0.2, 0) is 16.7 Å². The first kappa shape index (κ1) is 13.7. The van der Waals surface area contributed by atoms with Crippen molar-refractivity contribution >= 4 is 15.9 Å². The fraction of sp³-hybridized carbons (Fsp3) is 0.429. The Morgan fingerprint density at radius 3 is 2.90 bits per heavy atom. The Morgan fingerprint density at radius 1 is 1.50 bits per heavy atom. The maximum atomic E-state index is 10.8. The molecular formula is C14H16BrN3O2. The minimum absolute atomic E-state index is 0.441. The third kappa shape index (κ3) is 2.08. The number of aliphatic hydroxyl groups excluding tert-OH is 1. The molecule has 0 aliphatic carbocycles. The van der Waals surface area contributed by atoms with E-state index in [1.165, 1.54) is 0 Å². The third-order valence-electron chi connectivity index (χ3n) is 3.87. The van der Waals surface area contributed by atoms with E-state index >= 15 is 0 Å². The molecule has 2 aromatic rings. The molecule has 1 saturated heterocycles. The van der Waals surface area contributed by atoms with Gasteiger partial charge in [-0.25, -0.2) is 0 Å². The van der Waals surface area contributed by atoms with Gasteiger partial charge in [0.25, 0.3) is 0 Å². The summed E-state index contributed by atoms with van der Waals surface area (Å²) in [7, 11) is 0. The van der Waals surface area contributed by atoms with Crippen LogP contribution in [0.15, 0.2) is 35.1 Å². The highest BCUT2D eigenvalue weighted by molar-refractivity contribution is 9.10. The number of hydrogen-bond acceptors (Lipinski definition) is 4. The van der Waals surface area contributed by atoms with Crippen molar-refractivity contribution in [1.82, 2.24) is 14.8 Å². The molecule has 1 aromatic heterocycles. The van der Waals surface area contributed by atoms with Gasteiger partial charge < -0.3 is 14.4 Å². The average Bonchev–Trinajstić information content (AvgIpc) is 2.85. The number of rotatable bonds is 4. The number of aromatic nitrogens is 3. The van der Waals surface area contributed by atoms with Gasteiger partial charge in [-0.2, -0.15) is 0 Å². The van der Waals surface area contributed by atoms with Gasteiger partial charge in [0.05, 0.1) is 18.6 Å². The fourth-order valence-electron chi connectivity index (χ4n) is 2.57. The molecule has 1 fully saturated rings. The first-order valence-electron chi connectivity index (χ1n) is 6.57. The van der Waals surface area contributed by atoms with Crippen molar-refractivity contribution in [2.75, 3.05) is 13.2 Å². The molecule has 106 valence electrons. The number of halogens is 1. The van der Waals surface area contributed by atoms with Gasteiger partial charge in [-0.15, -0.1) is 10.2 Å². The number of benzene rings is 1. The second-order valence-corrected chi connectivity index (χ2v) is 5.95. The van der Waals surface area contributed by atoms with E-state index in [-0.39, 0.29) is 0 Å². The monoisotopic (exact) mass is 337 g/mol. The summed E-state index contributed by atoms with van der Waals surface area (Å²) in [6.45, 7) is 3.71. The molecule has 0 spiro atoms. The summed E-state index contributed by atoms with van der Waals surface area (Å²) in [4.78, 5) is 0. The van der Waals surface area contributed by atoms with E-state index in [0.717, 1.165) is 16.6 Å². The molecule has 1 unspecified atom stereocenters. The van der Waals surface area contributed by atoms with E-state index in [9.17, 15) is 5.11 Å². The van der Waals surface area contributed by atoms with Crippen LogP contribution in [0.5, 0.6) is 0 Å². The first-order valence-corrected chi connectivity index (χ1v) is 7.36. The van der Waals surface area contributed by atoms with Crippen LogP contribution in [0, 0.1) is 0 Å². The van der Waals surface area contributed by atoms with Gasteiger partial charge in [0.1, 0.15) is 12.4 Å². The summed E-state index contributed by atoms with van der Waals surface area (Å²) in [6.07, 6.45) is 0.917. The van der Waals surface area contributed by atoms with Crippen LogP contribution in [-0.4, -0.2) is 33.1 Å². The highest BCUT2D eigenvalue weighted by Gasteiger charge is 2.49. The quantitative estimate of drug-likeness (QED) is 0.927. The SMILES string of the molecule is CCn1cnnc1C(O)C1(c2cccc(Br)c2)COC1. The van der Waals surface area contributed by atoms with E-state index in [4.69, 9.17) is 4.74 Å². The summed E-state index contributed by atoms with van der Waals surface area (Å²) in [6, 6.07) is 7.98. The highest BCUT2D eigenvalue weighted by Crippen LogP contribution is 2.43. The van der Waals surface area contributed by atoms with Crippen molar-refractivity contribution in [1.29, 1.82) is 0 Å². The lowest BCUT2D eigenvalue weighted by molar-refractivity contribution is -0.125. The number of aryl methyl sites for hydroxylation is 1. The second kappa shape index (κ2) is 5.27. The molecule has 0 amide bonds. The predicted octanol–water partition coefficient (Wildman–Crippen LogP) is 2.06. The Kier molecular flexibility index (Phi) is 3.62. The van der Waals surface area contributed by atoms with Gasteiger partial charge in [0, 0.05) is 11.0 Å². The maximum Gasteiger partial charge on any atom is 0.162 e. The number of ether oxygens (including phenoxy) is 1. The van der Waals surface area contributed by atoms with Crippen LogP contribution in [0.3, 0.4) is 0 Å². The van der Waals surface area contributed by atoms with E-state index < -0.39 is 11.5 Å². The molecule has 6 heteroatoms. The van der Waals surface area contributed by atoms with Gasteiger partial charge >= 0.3 is 0 Å². The van der Waals surface area contributed by atoms with Gasteiger partial charge in [-0.1, -0.05) is 28.1 Å². The molecule has 3 rings (SSSR count). The molecule has 1 N–H and O–H groups in total. The zero-order valence-corrected chi connectivity index (χ0v) is 12.7. The standard InChI is InChI=1S/C14H16BrN3O2/c1-2-18-9-16-17-13(18)12(19)14(7-20-8-14)10-4-3-5-11(15)6-10/h3-6,9,12,19H,2,7-8H2,1H3. The molecule has 0 radical (unpaired) electrons. The van der Waals surface area contributed by atoms with Crippen LogP contribution < -0.4 is 0 Å². The Balaban J connectivity index is 2.01. The Bertz CT molecular complexity index is 610. The number of nitrogens with zero attached hydrogens (tertiary/aromatic N) is 3. The lowest BCUT2D eigenvalue weighted by Gasteiger charge is -2.44. The minimum Gasteiger partial charge on any atom is -0.384 e. The van der Waals surface area contributed by atoms with Crippen molar-refractivity contribution in [3.8, 4) is 0 Å². The molecule has 2 heterocycles. The molecule has 1 aromatic carbocycles. The second-order valence-electron chi connectivity index (χ2n) is 5.04. The number of aliphatic hydroxyl groups is 1. The Morgan fingerprint density at radius 2 is 2.30 bits per heavy atom. The minimum atomic E-state index is -0.729.